The summed E-state index contributed by atoms with van der Waals surface area (Å²) in [7, 11) is 0. The van der Waals surface area contributed by atoms with E-state index >= 15 is 0 Å². The van der Waals surface area contributed by atoms with Crippen LogP contribution in [-0.4, -0.2) is 35.3 Å². The SMILES string of the molecule is CC1(CN2CCC(=O)NC3(CCCC3)C2=O)CCC1. The molecule has 1 N–H and O–H groups in total. The van der Waals surface area contributed by atoms with Gasteiger partial charge in [0.25, 0.3) is 0 Å². The van der Waals surface area contributed by atoms with Gasteiger partial charge in [0, 0.05) is 19.5 Å². The molecule has 3 fully saturated rings. The number of hydrogen-bond acceptors (Lipinski definition) is 2. The van der Waals surface area contributed by atoms with E-state index in [1.807, 2.05) is 4.90 Å². The van der Waals surface area contributed by atoms with E-state index in [9.17, 15) is 9.59 Å². The number of nitrogens with zero attached hydrogens (tertiary/aromatic N) is 1. The van der Waals surface area contributed by atoms with Crippen molar-refractivity contribution in [2.75, 3.05) is 13.1 Å². The molecule has 0 aromatic heterocycles. The van der Waals surface area contributed by atoms with Crippen molar-refractivity contribution in [3.63, 3.8) is 0 Å². The predicted octanol–water partition coefficient (Wildman–Crippen LogP) is 1.84. The van der Waals surface area contributed by atoms with E-state index < -0.39 is 5.54 Å². The molecule has 0 aromatic carbocycles. The van der Waals surface area contributed by atoms with Crippen molar-refractivity contribution >= 4 is 11.8 Å². The van der Waals surface area contributed by atoms with Crippen LogP contribution in [0.15, 0.2) is 0 Å². The van der Waals surface area contributed by atoms with E-state index in [0.717, 1.165) is 32.2 Å². The van der Waals surface area contributed by atoms with Gasteiger partial charge in [-0.3, -0.25) is 9.59 Å². The Morgan fingerprint density at radius 2 is 1.79 bits per heavy atom. The fraction of sp³-hybridized carbons (Fsp3) is 0.867. The smallest absolute Gasteiger partial charge is 0.248 e. The first-order valence-electron chi connectivity index (χ1n) is 7.64. The molecule has 3 aliphatic rings. The van der Waals surface area contributed by atoms with E-state index in [4.69, 9.17) is 0 Å². The average molecular weight is 264 g/mol. The highest BCUT2D eigenvalue weighted by molar-refractivity contribution is 5.93. The van der Waals surface area contributed by atoms with Gasteiger partial charge in [-0.15, -0.1) is 0 Å². The van der Waals surface area contributed by atoms with Crippen LogP contribution in [0.5, 0.6) is 0 Å². The van der Waals surface area contributed by atoms with Crippen molar-refractivity contribution in [1.82, 2.24) is 10.2 Å². The van der Waals surface area contributed by atoms with Gasteiger partial charge >= 0.3 is 0 Å². The lowest BCUT2D eigenvalue weighted by atomic mass is 9.70. The van der Waals surface area contributed by atoms with Crippen molar-refractivity contribution in [3.05, 3.63) is 0 Å². The summed E-state index contributed by atoms with van der Waals surface area (Å²) in [6.07, 6.45) is 7.92. The Labute approximate surface area is 114 Å². The van der Waals surface area contributed by atoms with E-state index in [1.54, 1.807) is 0 Å². The molecule has 1 spiro atoms. The van der Waals surface area contributed by atoms with E-state index in [-0.39, 0.29) is 11.8 Å². The molecule has 4 nitrogen and oxygen atoms in total. The third-order valence-electron chi connectivity index (χ3n) is 5.27. The van der Waals surface area contributed by atoms with Gasteiger partial charge in [-0.25, -0.2) is 0 Å². The quantitative estimate of drug-likeness (QED) is 0.827. The first kappa shape index (κ1) is 12.9. The molecule has 1 heterocycles. The van der Waals surface area contributed by atoms with Crippen LogP contribution in [0, 0.1) is 5.41 Å². The Kier molecular flexibility index (Phi) is 3.06. The molecule has 3 rings (SSSR count). The Bertz CT molecular complexity index is 395. The number of nitrogens with one attached hydrogen (secondary N) is 1. The van der Waals surface area contributed by atoms with Crippen LogP contribution in [0.4, 0.5) is 0 Å². The molecule has 0 bridgehead atoms. The molecule has 2 aliphatic carbocycles. The largest absolute Gasteiger partial charge is 0.342 e. The van der Waals surface area contributed by atoms with E-state index in [0.29, 0.717) is 18.4 Å². The van der Waals surface area contributed by atoms with Crippen LogP contribution in [0.2, 0.25) is 0 Å². The van der Waals surface area contributed by atoms with Gasteiger partial charge in [-0.05, 0) is 31.1 Å². The van der Waals surface area contributed by atoms with E-state index in [1.165, 1.54) is 19.3 Å². The summed E-state index contributed by atoms with van der Waals surface area (Å²) in [6, 6.07) is 0. The Hall–Kier alpha value is -1.06. The maximum Gasteiger partial charge on any atom is 0.248 e. The molecule has 0 unspecified atom stereocenters. The fourth-order valence-electron chi connectivity index (χ4n) is 3.89. The summed E-state index contributed by atoms with van der Waals surface area (Å²) in [6.45, 7) is 3.70. The molecule has 4 heteroatoms. The maximum absolute atomic E-state index is 12.8. The Morgan fingerprint density at radius 3 is 2.37 bits per heavy atom. The molecule has 2 amide bonds. The van der Waals surface area contributed by atoms with Gasteiger partial charge in [0.15, 0.2) is 0 Å². The van der Waals surface area contributed by atoms with Crippen molar-refractivity contribution in [2.45, 2.75) is 63.8 Å². The lowest BCUT2D eigenvalue weighted by molar-refractivity contribution is -0.140. The lowest BCUT2D eigenvalue weighted by Crippen LogP contribution is -2.57. The molecule has 106 valence electrons. The number of carbonyl (C=O) groups is 2. The van der Waals surface area contributed by atoms with Gasteiger partial charge in [0.2, 0.25) is 11.8 Å². The highest BCUT2D eigenvalue weighted by atomic mass is 16.2. The topological polar surface area (TPSA) is 49.4 Å². The van der Waals surface area contributed by atoms with Crippen LogP contribution in [0.25, 0.3) is 0 Å². The number of carbonyl (C=O) groups excluding carboxylic acids is 2. The number of hydrogen-bond donors (Lipinski definition) is 1. The minimum absolute atomic E-state index is 0.0523. The monoisotopic (exact) mass is 264 g/mol. The summed E-state index contributed by atoms with van der Waals surface area (Å²) < 4.78 is 0. The van der Waals surface area contributed by atoms with Crippen LogP contribution < -0.4 is 5.32 Å². The zero-order valence-electron chi connectivity index (χ0n) is 11.8. The van der Waals surface area contributed by atoms with Crippen LogP contribution in [0.3, 0.4) is 0 Å². The van der Waals surface area contributed by atoms with Crippen LogP contribution >= 0.6 is 0 Å². The highest BCUT2D eigenvalue weighted by Gasteiger charge is 2.48. The summed E-state index contributed by atoms with van der Waals surface area (Å²) in [5, 5.41) is 3.03. The van der Waals surface area contributed by atoms with Crippen LogP contribution in [0.1, 0.15) is 58.3 Å². The minimum Gasteiger partial charge on any atom is -0.342 e. The van der Waals surface area contributed by atoms with Gasteiger partial charge in [0.05, 0.1) is 0 Å². The van der Waals surface area contributed by atoms with Crippen molar-refractivity contribution in [2.24, 2.45) is 5.41 Å². The lowest BCUT2D eigenvalue weighted by Gasteiger charge is -2.43. The molecular formula is C15H24N2O2. The molecule has 0 atom stereocenters. The second kappa shape index (κ2) is 4.50. The third kappa shape index (κ3) is 2.26. The van der Waals surface area contributed by atoms with Crippen LogP contribution in [-0.2, 0) is 9.59 Å². The second-order valence-electron chi connectivity index (χ2n) is 6.98. The zero-order valence-corrected chi connectivity index (χ0v) is 11.8. The first-order valence-corrected chi connectivity index (χ1v) is 7.64. The van der Waals surface area contributed by atoms with Gasteiger partial charge in [-0.2, -0.15) is 0 Å². The number of rotatable bonds is 2. The predicted molar refractivity (Wildman–Crippen MR) is 72.5 cm³/mol. The Morgan fingerprint density at radius 1 is 1.11 bits per heavy atom. The minimum atomic E-state index is -0.562. The van der Waals surface area contributed by atoms with Crippen molar-refractivity contribution < 1.29 is 9.59 Å². The molecule has 0 radical (unpaired) electrons. The molecule has 1 saturated heterocycles. The molecule has 2 saturated carbocycles. The third-order valence-corrected chi connectivity index (χ3v) is 5.27. The van der Waals surface area contributed by atoms with Gasteiger partial charge in [0.1, 0.15) is 5.54 Å². The first-order chi connectivity index (χ1) is 9.03. The maximum atomic E-state index is 12.8. The molecule has 19 heavy (non-hydrogen) atoms. The second-order valence-corrected chi connectivity index (χ2v) is 6.98. The molecule has 0 aromatic rings. The highest BCUT2D eigenvalue weighted by Crippen LogP contribution is 2.42. The van der Waals surface area contributed by atoms with E-state index in [2.05, 4.69) is 12.2 Å². The van der Waals surface area contributed by atoms with Gasteiger partial charge < -0.3 is 10.2 Å². The van der Waals surface area contributed by atoms with Crippen molar-refractivity contribution in [3.8, 4) is 0 Å². The van der Waals surface area contributed by atoms with Gasteiger partial charge in [-0.1, -0.05) is 26.2 Å². The Balaban J connectivity index is 1.79. The fourth-order valence-corrected chi connectivity index (χ4v) is 3.89. The molecular weight excluding hydrogens is 240 g/mol. The summed E-state index contributed by atoms with van der Waals surface area (Å²) >= 11 is 0. The summed E-state index contributed by atoms with van der Waals surface area (Å²) in [5.74, 6) is 0.237. The summed E-state index contributed by atoms with van der Waals surface area (Å²) in [4.78, 5) is 26.7. The normalized spacial score (nSPS) is 29.0. The summed E-state index contributed by atoms with van der Waals surface area (Å²) in [5.41, 5.74) is -0.267. The molecule has 1 aliphatic heterocycles. The van der Waals surface area contributed by atoms with Crippen molar-refractivity contribution in [1.29, 1.82) is 0 Å². The number of amides is 2. The zero-order chi connectivity index (χ0) is 13.5. The standard InChI is InChI=1S/C15H24N2O2/c1-14(6-4-7-14)11-17-10-5-12(18)16-15(13(17)19)8-2-3-9-15/h2-11H2,1H3,(H,16,18). The average Bonchev–Trinajstić information content (AvgIpc) is 2.76.